The van der Waals surface area contributed by atoms with Crippen LogP contribution >= 0.6 is 0 Å². The molecule has 7 heteroatoms. The fraction of sp³-hybridized carbons (Fsp3) is 0.389. The summed E-state index contributed by atoms with van der Waals surface area (Å²) in [6.07, 6.45) is 7.94. The van der Waals surface area contributed by atoms with Crippen LogP contribution in [0.4, 0.5) is 4.39 Å². The quantitative estimate of drug-likeness (QED) is 0.790. The first-order valence-electron chi connectivity index (χ1n) is 8.48. The van der Waals surface area contributed by atoms with Crippen molar-refractivity contribution in [2.75, 3.05) is 20.2 Å². The molecule has 0 saturated carbocycles. The van der Waals surface area contributed by atoms with E-state index in [-0.39, 0.29) is 5.82 Å². The highest BCUT2D eigenvalue weighted by molar-refractivity contribution is 5.57. The number of pyridine rings is 1. The van der Waals surface area contributed by atoms with Crippen molar-refractivity contribution in [3.8, 4) is 17.3 Å². The molecule has 1 atom stereocenters. The summed E-state index contributed by atoms with van der Waals surface area (Å²) in [5.74, 6) is 1.42. The van der Waals surface area contributed by atoms with Crippen LogP contribution in [-0.2, 0) is 6.42 Å². The number of aromatic nitrogens is 4. The Morgan fingerprint density at radius 2 is 2.24 bits per heavy atom. The molecule has 0 unspecified atom stereocenters. The summed E-state index contributed by atoms with van der Waals surface area (Å²) in [5, 5.41) is 3.43. The van der Waals surface area contributed by atoms with Crippen LogP contribution in [0.3, 0.4) is 0 Å². The summed E-state index contributed by atoms with van der Waals surface area (Å²) in [4.78, 5) is 13.4. The van der Waals surface area contributed by atoms with E-state index >= 15 is 0 Å². The Kier molecular flexibility index (Phi) is 4.31. The Bertz CT molecular complexity index is 888. The summed E-state index contributed by atoms with van der Waals surface area (Å²) < 4.78 is 20.7. The highest BCUT2D eigenvalue weighted by Crippen LogP contribution is 2.25. The largest absolute Gasteiger partial charge is 0.493 e. The summed E-state index contributed by atoms with van der Waals surface area (Å²) >= 11 is 0. The molecule has 0 bridgehead atoms. The standard InChI is InChI=1S/C18H20FN5O/c1-25-16-10-22-18(23-14(16)7-12-3-2-6-20-8-12)15-9-21-17-5-4-13(19)11-24(15)17/h4-5,9-12,20H,2-3,6-8H2,1H3/t12-/m0/s1. The van der Waals surface area contributed by atoms with Crippen molar-refractivity contribution in [2.45, 2.75) is 19.3 Å². The molecule has 0 aliphatic carbocycles. The molecule has 0 amide bonds. The van der Waals surface area contributed by atoms with Gasteiger partial charge in [0, 0.05) is 6.20 Å². The van der Waals surface area contributed by atoms with Crippen molar-refractivity contribution >= 4 is 5.65 Å². The van der Waals surface area contributed by atoms with Gasteiger partial charge in [-0.2, -0.15) is 0 Å². The molecule has 1 fully saturated rings. The number of nitrogens with one attached hydrogen (secondary N) is 1. The topological polar surface area (TPSA) is 64.3 Å². The third-order valence-corrected chi connectivity index (χ3v) is 4.63. The highest BCUT2D eigenvalue weighted by atomic mass is 19.1. The molecule has 4 heterocycles. The first-order chi connectivity index (χ1) is 12.2. The van der Waals surface area contributed by atoms with Crippen LogP contribution in [0.5, 0.6) is 5.75 Å². The summed E-state index contributed by atoms with van der Waals surface area (Å²) in [6.45, 7) is 2.07. The average molecular weight is 341 g/mol. The molecule has 0 spiro atoms. The summed E-state index contributed by atoms with van der Waals surface area (Å²) in [6, 6.07) is 3.03. The van der Waals surface area contributed by atoms with Gasteiger partial charge in [-0.05, 0) is 50.4 Å². The molecule has 1 aliphatic heterocycles. The van der Waals surface area contributed by atoms with Gasteiger partial charge in [0.05, 0.1) is 25.2 Å². The van der Waals surface area contributed by atoms with Crippen molar-refractivity contribution in [3.05, 3.63) is 42.2 Å². The molecule has 0 aromatic carbocycles. The molecule has 1 saturated heterocycles. The number of hydrogen-bond acceptors (Lipinski definition) is 5. The van der Waals surface area contributed by atoms with Crippen LogP contribution in [-0.4, -0.2) is 39.6 Å². The zero-order valence-corrected chi connectivity index (χ0v) is 14.1. The second kappa shape index (κ2) is 6.76. The van der Waals surface area contributed by atoms with E-state index in [1.165, 1.54) is 25.1 Å². The smallest absolute Gasteiger partial charge is 0.178 e. The third kappa shape index (κ3) is 3.19. The fourth-order valence-corrected chi connectivity index (χ4v) is 3.34. The summed E-state index contributed by atoms with van der Waals surface area (Å²) in [5.41, 5.74) is 2.21. The Morgan fingerprint density at radius 3 is 3.04 bits per heavy atom. The first-order valence-corrected chi connectivity index (χ1v) is 8.48. The zero-order chi connectivity index (χ0) is 17.2. The lowest BCUT2D eigenvalue weighted by Gasteiger charge is -2.23. The van der Waals surface area contributed by atoms with Gasteiger partial charge in [-0.15, -0.1) is 0 Å². The normalized spacial score (nSPS) is 17.8. The van der Waals surface area contributed by atoms with Gasteiger partial charge in [-0.1, -0.05) is 0 Å². The SMILES string of the molecule is COc1cnc(-c2cnc3ccc(F)cn23)nc1C[C@@H]1CCCNC1. The Balaban J connectivity index is 1.72. The van der Waals surface area contributed by atoms with Gasteiger partial charge in [0.1, 0.15) is 17.2 Å². The minimum Gasteiger partial charge on any atom is -0.493 e. The zero-order valence-electron chi connectivity index (χ0n) is 14.1. The maximum atomic E-state index is 13.6. The van der Waals surface area contributed by atoms with Crippen LogP contribution in [0.2, 0.25) is 0 Å². The molecular weight excluding hydrogens is 321 g/mol. The van der Waals surface area contributed by atoms with Crippen LogP contribution < -0.4 is 10.1 Å². The third-order valence-electron chi connectivity index (χ3n) is 4.63. The van der Waals surface area contributed by atoms with Crippen molar-refractivity contribution in [2.24, 2.45) is 5.92 Å². The van der Waals surface area contributed by atoms with Crippen molar-refractivity contribution in [3.63, 3.8) is 0 Å². The van der Waals surface area contributed by atoms with Crippen LogP contribution in [0.15, 0.2) is 30.7 Å². The monoisotopic (exact) mass is 341 g/mol. The van der Waals surface area contributed by atoms with E-state index in [0.29, 0.717) is 28.8 Å². The number of imidazole rings is 1. The van der Waals surface area contributed by atoms with E-state index in [0.717, 1.165) is 25.2 Å². The van der Waals surface area contributed by atoms with Crippen LogP contribution in [0, 0.1) is 11.7 Å². The lowest BCUT2D eigenvalue weighted by Crippen LogP contribution is -2.31. The van der Waals surface area contributed by atoms with Gasteiger partial charge >= 0.3 is 0 Å². The van der Waals surface area contributed by atoms with E-state index in [1.807, 2.05) is 0 Å². The number of hydrogen-bond donors (Lipinski definition) is 1. The van der Waals surface area contributed by atoms with Gasteiger partial charge < -0.3 is 10.1 Å². The fourth-order valence-electron chi connectivity index (χ4n) is 3.34. The summed E-state index contributed by atoms with van der Waals surface area (Å²) in [7, 11) is 1.63. The average Bonchev–Trinajstić information content (AvgIpc) is 3.05. The van der Waals surface area contributed by atoms with Gasteiger partial charge in [-0.3, -0.25) is 4.40 Å². The lowest BCUT2D eigenvalue weighted by molar-refractivity contribution is 0.359. The van der Waals surface area contributed by atoms with E-state index in [9.17, 15) is 4.39 Å². The molecule has 0 radical (unpaired) electrons. The minimum atomic E-state index is -0.325. The maximum absolute atomic E-state index is 13.6. The number of methoxy groups -OCH3 is 1. The second-order valence-electron chi connectivity index (χ2n) is 6.34. The number of nitrogens with zero attached hydrogens (tertiary/aromatic N) is 4. The van der Waals surface area contributed by atoms with Gasteiger partial charge in [0.25, 0.3) is 0 Å². The number of halogens is 1. The first kappa shape index (κ1) is 16.0. The van der Waals surface area contributed by atoms with Crippen molar-refractivity contribution < 1.29 is 9.13 Å². The number of fused-ring (bicyclic) bond motifs is 1. The Morgan fingerprint density at radius 1 is 1.32 bits per heavy atom. The van der Waals surface area contributed by atoms with Crippen LogP contribution in [0.25, 0.3) is 17.2 Å². The van der Waals surface area contributed by atoms with E-state index in [1.54, 1.807) is 30.0 Å². The van der Waals surface area contributed by atoms with Crippen LogP contribution in [0.1, 0.15) is 18.5 Å². The predicted molar refractivity (Wildman–Crippen MR) is 92.0 cm³/mol. The molecule has 1 N–H and O–H groups in total. The molecule has 1 aliphatic rings. The Labute approximate surface area is 145 Å². The van der Waals surface area contributed by atoms with Crippen molar-refractivity contribution in [1.29, 1.82) is 0 Å². The molecule has 6 nitrogen and oxygen atoms in total. The molecule has 4 rings (SSSR count). The molecule has 25 heavy (non-hydrogen) atoms. The van der Waals surface area contributed by atoms with E-state index in [4.69, 9.17) is 9.72 Å². The molecule has 130 valence electrons. The minimum absolute atomic E-state index is 0.325. The molecule has 3 aromatic rings. The van der Waals surface area contributed by atoms with E-state index < -0.39 is 0 Å². The lowest BCUT2D eigenvalue weighted by atomic mass is 9.94. The Hall–Kier alpha value is -2.54. The predicted octanol–water partition coefficient (Wildman–Crippen LogP) is 2.48. The molecule has 3 aromatic heterocycles. The number of rotatable bonds is 4. The number of ether oxygens (including phenoxy) is 1. The maximum Gasteiger partial charge on any atom is 0.178 e. The van der Waals surface area contributed by atoms with Gasteiger partial charge in [0.15, 0.2) is 11.6 Å². The van der Waals surface area contributed by atoms with E-state index in [2.05, 4.69) is 15.3 Å². The number of piperidine rings is 1. The van der Waals surface area contributed by atoms with Gasteiger partial charge in [0.2, 0.25) is 0 Å². The van der Waals surface area contributed by atoms with Crippen molar-refractivity contribution in [1.82, 2.24) is 24.7 Å². The molecular formula is C18H20FN5O. The van der Waals surface area contributed by atoms with Gasteiger partial charge in [-0.25, -0.2) is 19.3 Å². The highest BCUT2D eigenvalue weighted by Gasteiger charge is 2.19. The second-order valence-corrected chi connectivity index (χ2v) is 6.34.